The van der Waals surface area contributed by atoms with Gasteiger partial charge in [-0.2, -0.15) is 0 Å². The highest BCUT2D eigenvalue weighted by molar-refractivity contribution is 6.62. The van der Waals surface area contributed by atoms with Crippen LogP contribution in [0.5, 0.6) is 0 Å². The van der Waals surface area contributed by atoms with Crippen LogP contribution in [0.4, 0.5) is 4.79 Å². The molecule has 1 unspecified atom stereocenters. The van der Waals surface area contributed by atoms with Gasteiger partial charge in [-0.05, 0) is 39.6 Å². The van der Waals surface area contributed by atoms with Gasteiger partial charge in [0, 0.05) is 12.6 Å². The van der Waals surface area contributed by atoms with E-state index in [0.29, 0.717) is 18.1 Å². The summed E-state index contributed by atoms with van der Waals surface area (Å²) in [5.74, 6) is 0.977. The molecule has 7 nitrogen and oxygen atoms in total. The van der Waals surface area contributed by atoms with Crippen molar-refractivity contribution in [3.8, 4) is 11.3 Å². The van der Waals surface area contributed by atoms with Gasteiger partial charge in [0.1, 0.15) is 6.04 Å². The van der Waals surface area contributed by atoms with Gasteiger partial charge >= 0.3 is 13.2 Å². The van der Waals surface area contributed by atoms with E-state index in [-0.39, 0.29) is 11.2 Å². The summed E-state index contributed by atoms with van der Waals surface area (Å²) >= 11 is 0. The van der Waals surface area contributed by atoms with Crippen LogP contribution in [-0.2, 0) is 9.31 Å². The Bertz CT molecular complexity index is 831. The van der Waals surface area contributed by atoms with Crippen molar-refractivity contribution < 1.29 is 23.6 Å². The predicted octanol–water partition coefficient (Wildman–Crippen LogP) is 3.70. The summed E-state index contributed by atoms with van der Waals surface area (Å²) in [4.78, 5) is 16.7. The Kier molecular flexibility index (Phi) is 5.29. The van der Waals surface area contributed by atoms with Crippen LogP contribution >= 0.6 is 0 Å². The number of oxazole rings is 1. The number of benzene rings is 1. The van der Waals surface area contributed by atoms with Crippen molar-refractivity contribution in [3.05, 3.63) is 36.4 Å². The number of hydrogen-bond donors (Lipinski definition) is 1. The molecule has 0 bridgehead atoms. The first-order valence-corrected chi connectivity index (χ1v) is 9.43. The quantitative estimate of drug-likeness (QED) is 0.789. The summed E-state index contributed by atoms with van der Waals surface area (Å²) in [7, 11) is 1.10. The lowest BCUT2D eigenvalue weighted by Gasteiger charge is -2.32. The van der Waals surface area contributed by atoms with Crippen molar-refractivity contribution >= 4 is 18.7 Å². The van der Waals surface area contributed by atoms with E-state index in [1.54, 1.807) is 6.20 Å². The number of carbonyl (C=O) groups is 1. The van der Waals surface area contributed by atoms with Gasteiger partial charge < -0.3 is 18.8 Å². The highest BCUT2D eigenvalue weighted by Gasteiger charge is 2.51. The lowest BCUT2D eigenvalue weighted by molar-refractivity contribution is 0.00578. The number of amides is 1. The molecule has 0 aliphatic carbocycles. The first kappa shape index (κ1) is 20.4. The molecule has 1 aromatic heterocycles. The van der Waals surface area contributed by atoms with E-state index in [0.717, 1.165) is 11.0 Å². The van der Waals surface area contributed by atoms with Crippen LogP contribution < -0.4 is 5.46 Å². The third-order valence-corrected chi connectivity index (χ3v) is 5.69. The van der Waals surface area contributed by atoms with Crippen molar-refractivity contribution in [2.75, 3.05) is 7.05 Å². The Morgan fingerprint density at radius 3 is 2.25 bits per heavy atom. The van der Waals surface area contributed by atoms with Crippen LogP contribution in [0.3, 0.4) is 0 Å². The Hall–Kier alpha value is -2.32. The molecule has 0 spiro atoms. The summed E-state index contributed by atoms with van der Waals surface area (Å²) in [6.45, 7) is 9.99. The van der Waals surface area contributed by atoms with E-state index in [1.165, 1.54) is 11.9 Å². The highest BCUT2D eigenvalue weighted by atomic mass is 16.7. The van der Waals surface area contributed by atoms with E-state index in [1.807, 2.05) is 58.9 Å². The van der Waals surface area contributed by atoms with Crippen LogP contribution in [0.2, 0.25) is 0 Å². The van der Waals surface area contributed by atoms with Gasteiger partial charge in [0.2, 0.25) is 5.89 Å². The number of carboxylic acid groups (broad SMARTS) is 1. The zero-order chi connectivity index (χ0) is 20.7. The van der Waals surface area contributed by atoms with Gasteiger partial charge in [0.25, 0.3) is 0 Å². The maximum atomic E-state index is 11.2. The second-order valence-corrected chi connectivity index (χ2v) is 8.09. The molecule has 3 rings (SSSR count). The SMILES string of the molecule is CCC(c1ncc(-c2ccc(B3OC(C)(C)C(C)(C)O3)cc2)o1)N(C)C(=O)O. The fraction of sp³-hybridized carbons (Fsp3) is 0.500. The molecule has 2 aromatic rings. The Labute approximate surface area is 165 Å². The maximum Gasteiger partial charge on any atom is 0.494 e. The number of hydrogen-bond acceptors (Lipinski definition) is 5. The monoisotopic (exact) mass is 386 g/mol. The van der Waals surface area contributed by atoms with Crippen LogP contribution in [0.1, 0.15) is 53.0 Å². The Morgan fingerprint density at radius 2 is 1.75 bits per heavy atom. The molecule has 0 saturated carbocycles. The van der Waals surface area contributed by atoms with Crippen molar-refractivity contribution in [2.45, 2.75) is 58.3 Å². The molecule has 8 heteroatoms. The van der Waals surface area contributed by atoms with E-state index in [9.17, 15) is 9.90 Å². The molecule has 1 atom stereocenters. The molecule has 1 fully saturated rings. The third kappa shape index (κ3) is 3.66. The molecule has 1 amide bonds. The molecule has 1 aliphatic rings. The smallest absolute Gasteiger partial charge is 0.465 e. The molecule has 1 aromatic carbocycles. The van der Waals surface area contributed by atoms with Crippen molar-refractivity contribution in [2.24, 2.45) is 0 Å². The van der Waals surface area contributed by atoms with Gasteiger partial charge in [0.05, 0.1) is 17.4 Å². The minimum atomic E-state index is -1.02. The maximum absolute atomic E-state index is 11.2. The van der Waals surface area contributed by atoms with Crippen molar-refractivity contribution in [3.63, 3.8) is 0 Å². The summed E-state index contributed by atoms with van der Waals surface area (Å²) < 4.78 is 18.0. The number of nitrogens with zero attached hydrogens (tertiary/aromatic N) is 2. The predicted molar refractivity (Wildman–Crippen MR) is 106 cm³/mol. The fourth-order valence-corrected chi connectivity index (χ4v) is 3.11. The summed E-state index contributed by atoms with van der Waals surface area (Å²) in [5.41, 5.74) is 1.01. The molecule has 1 aliphatic heterocycles. The van der Waals surface area contributed by atoms with Crippen LogP contribution in [-0.4, -0.2) is 46.5 Å². The summed E-state index contributed by atoms with van der Waals surface area (Å²) in [5, 5.41) is 9.21. The van der Waals surface area contributed by atoms with Gasteiger partial charge in [-0.15, -0.1) is 0 Å². The fourth-order valence-electron chi connectivity index (χ4n) is 3.11. The van der Waals surface area contributed by atoms with E-state index >= 15 is 0 Å². The van der Waals surface area contributed by atoms with E-state index in [2.05, 4.69) is 4.98 Å². The van der Waals surface area contributed by atoms with Gasteiger partial charge in [0.15, 0.2) is 5.76 Å². The molecule has 150 valence electrons. The molecule has 0 radical (unpaired) electrons. The van der Waals surface area contributed by atoms with Crippen LogP contribution in [0, 0.1) is 0 Å². The largest absolute Gasteiger partial charge is 0.494 e. The standard InChI is InChI=1S/C20H27BN2O5/c1-7-15(23(6)18(24)25)17-22-12-16(26-17)13-8-10-14(11-9-13)21-27-19(2,3)20(4,5)28-21/h8-12,15H,7H2,1-6H3,(H,24,25). The van der Waals surface area contributed by atoms with Gasteiger partial charge in [-0.25, -0.2) is 9.78 Å². The highest BCUT2D eigenvalue weighted by Crippen LogP contribution is 2.36. The van der Waals surface area contributed by atoms with Gasteiger partial charge in [-0.3, -0.25) is 4.90 Å². The summed E-state index contributed by atoms with van der Waals surface area (Å²) in [6.07, 6.45) is 1.18. The molecule has 1 N–H and O–H groups in total. The molecule has 2 heterocycles. The van der Waals surface area contributed by atoms with Crippen LogP contribution in [0.15, 0.2) is 34.9 Å². The second kappa shape index (κ2) is 7.26. The van der Waals surface area contributed by atoms with E-state index < -0.39 is 19.3 Å². The molecular weight excluding hydrogens is 359 g/mol. The minimum Gasteiger partial charge on any atom is -0.465 e. The van der Waals surface area contributed by atoms with Gasteiger partial charge in [-0.1, -0.05) is 31.2 Å². The molecule has 28 heavy (non-hydrogen) atoms. The average molecular weight is 386 g/mol. The zero-order valence-corrected chi connectivity index (χ0v) is 17.2. The number of rotatable bonds is 5. The Morgan fingerprint density at radius 1 is 1.18 bits per heavy atom. The number of aromatic nitrogens is 1. The topological polar surface area (TPSA) is 85.0 Å². The lowest BCUT2D eigenvalue weighted by Crippen LogP contribution is -2.41. The zero-order valence-electron chi connectivity index (χ0n) is 17.2. The molecular formula is C20H27BN2O5. The van der Waals surface area contributed by atoms with Crippen molar-refractivity contribution in [1.82, 2.24) is 9.88 Å². The minimum absolute atomic E-state index is 0.387. The second-order valence-electron chi connectivity index (χ2n) is 8.09. The van der Waals surface area contributed by atoms with E-state index in [4.69, 9.17) is 13.7 Å². The lowest BCUT2D eigenvalue weighted by atomic mass is 9.79. The first-order valence-electron chi connectivity index (χ1n) is 9.43. The average Bonchev–Trinajstić information content (AvgIpc) is 3.18. The van der Waals surface area contributed by atoms with Crippen LogP contribution in [0.25, 0.3) is 11.3 Å². The van der Waals surface area contributed by atoms with Crippen molar-refractivity contribution in [1.29, 1.82) is 0 Å². The summed E-state index contributed by atoms with van der Waals surface area (Å²) in [6, 6.07) is 7.31. The molecule has 1 saturated heterocycles. The third-order valence-electron chi connectivity index (χ3n) is 5.69. The Balaban J connectivity index is 1.78. The first-order chi connectivity index (χ1) is 13.1. The normalized spacial score (nSPS) is 18.9.